The molecular weight excluding hydrogens is 490 g/mol. The van der Waals surface area contributed by atoms with Crippen LogP contribution in [0.25, 0.3) is 17.1 Å². The molecule has 38 heavy (non-hydrogen) atoms. The monoisotopic (exact) mass is 522 g/mol. The molecule has 3 heterocycles. The standard InChI is InChI=1S/C29H32F2N4O3/c1-37-26-8-7-24-27(34-26)25(10-14-33-24)35-15-11-20-17-22(9-12-29(20,18-35)28(36)38-2)32-13-3-4-19-16-21(30)5-6-23(19)31/h3-8,10,14,16,20,22,32H,9,11-13,15,17-18H2,1-2H3/t20-,22+,29-/m0/s1. The summed E-state index contributed by atoms with van der Waals surface area (Å²) in [6.45, 7) is 1.86. The van der Waals surface area contributed by atoms with E-state index in [0.717, 1.165) is 54.7 Å². The number of halogens is 2. The van der Waals surface area contributed by atoms with Crippen molar-refractivity contribution in [3.05, 3.63) is 65.9 Å². The summed E-state index contributed by atoms with van der Waals surface area (Å²) >= 11 is 0. The third kappa shape index (κ3) is 5.07. The van der Waals surface area contributed by atoms with E-state index in [0.29, 0.717) is 25.4 Å². The maximum Gasteiger partial charge on any atom is 0.313 e. The van der Waals surface area contributed by atoms with Crippen molar-refractivity contribution < 1.29 is 23.0 Å². The third-order valence-corrected chi connectivity index (χ3v) is 7.97. The lowest BCUT2D eigenvalue weighted by atomic mass is 9.61. The summed E-state index contributed by atoms with van der Waals surface area (Å²) in [4.78, 5) is 24.6. The lowest BCUT2D eigenvalue weighted by Gasteiger charge is -2.51. The van der Waals surface area contributed by atoms with Gasteiger partial charge in [-0.2, -0.15) is 0 Å². The van der Waals surface area contributed by atoms with Crippen LogP contribution < -0.4 is 15.0 Å². The number of pyridine rings is 2. The Kier molecular flexibility index (Phi) is 7.56. The predicted molar refractivity (Wildman–Crippen MR) is 142 cm³/mol. The second-order valence-electron chi connectivity index (χ2n) is 10.1. The number of carbonyl (C=O) groups excluding carboxylic acids is 1. The quantitative estimate of drug-likeness (QED) is 0.449. The molecule has 0 radical (unpaired) electrons. The Hall–Kier alpha value is -3.59. The van der Waals surface area contributed by atoms with Crippen LogP contribution in [0.5, 0.6) is 5.88 Å². The van der Waals surface area contributed by atoms with Crippen LogP contribution in [0.15, 0.2) is 48.7 Å². The van der Waals surface area contributed by atoms with Crippen molar-refractivity contribution in [2.75, 3.05) is 38.8 Å². The highest BCUT2D eigenvalue weighted by Crippen LogP contribution is 2.48. The number of hydrogen-bond donors (Lipinski definition) is 1. The van der Waals surface area contributed by atoms with Gasteiger partial charge in [0, 0.05) is 43.5 Å². The van der Waals surface area contributed by atoms with Gasteiger partial charge in [0.15, 0.2) is 0 Å². The lowest BCUT2D eigenvalue weighted by molar-refractivity contribution is -0.160. The highest BCUT2D eigenvalue weighted by atomic mass is 19.1. The third-order valence-electron chi connectivity index (χ3n) is 7.97. The van der Waals surface area contributed by atoms with Gasteiger partial charge in [-0.15, -0.1) is 0 Å². The van der Waals surface area contributed by atoms with E-state index in [1.165, 1.54) is 13.2 Å². The summed E-state index contributed by atoms with van der Waals surface area (Å²) in [7, 11) is 3.05. The number of rotatable bonds is 7. The van der Waals surface area contributed by atoms with Crippen molar-refractivity contribution in [1.82, 2.24) is 15.3 Å². The van der Waals surface area contributed by atoms with E-state index < -0.39 is 17.0 Å². The zero-order chi connectivity index (χ0) is 26.7. The van der Waals surface area contributed by atoms with Crippen LogP contribution in [0, 0.1) is 23.0 Å². The first-order valence-electron chi connectivity index (χ1n) is 12.9. The summed E-state index contributed by atoms with van der Waals surface area (Å²) in [5.74, 6) is -0.407. The first-order valence-corrected chi connectivity index (χ1v) is 12.9. The SMILES string of the molecule is COC(=O)[C@]12CC[C@@H](NCC=Cc3cc(F)ccc3F)C[C@@H]1CCN(c1ccnc3ccc(OC)nc13)C2. The molecule has 1 N–H and O–H groups in total. The van der Waals surface area contributed by atoms with Crippen LogP contribution in [-0.2, 0) is 9.53 Å². The first kappa shape index (κ1) is 26.0. The Morgan fingerprint density at radius 1 is 1.21 bits per heavy atom. The molecule has 0 unspecified atom stereocenters. The van der Waals surface area contributed by atoms with E-state index in [4.69, 9.17) is 9.47 Å². The summed E-state index contributed by atoms with van der Waals surface area (Å²) in [5, 5.41) is 3.51. The van der Waals surface area contributed by atoms with E-state index in [-0.39, 0.29) is 23.5 Å². The molecular formula is C29H32F2N4O3. The molecule has 9 heteroatoms. The number of fused-ring (bicyclic) bond motifs is 2. The highest BCUT2D eigenvalue weighted by molar-refractivity contribution is 5.89. The van der Waals surface area contributed by atoms with Gasteiger partial charge in [0.25, 0.3) is 0 Å². The molecule has 0 bridgehead atoms. The van der Waals surface area contributed by atoms with Gasteiger partial charge in [-0.3, -0.25) is 9.78 Å². The average molecular weight is 523 g/mol. The minimum atomic E-state index is -0.611. The lowest BCUT2D eigenvalue weighted by Crippen LogP contribution is -2.58. The van der Waals surface area contributed by atoms with Crippen LogP contribution in [-0.4, -0.2) is 55.8 Å². The number of nitrogens with one attached hydrogen (secondary N) is 1. The summed E-state index contributed by atoms with van der Waals surface area (Å²) in [5.41, 5.74) is 2.08. The fraction of sp³-hybridized carbons (Fsp3) is 0.414. The zero-order valence-electron chi connectivity index (χ0n) is 21.6. The minimum absolute atomic E-state index is 0.165. The molecule has 2 aromatic heterocycles. The van der Waals surface area contributed by atoms with Crippen LogP contribution in [0.3, 0.4) is 0 Å². The van der Waals surface area contributed by atoms with Crippen molar-refractivity contribution in [2.24, 2.45) is 11.3 Å². The number of benzene rings is 1. The van der Waals surface area contributed by atoms with E-state index in [2.05, 4.69) is 20.2 Å². The predicted octanol–water partition coefficient (Wildman–Crippen LogP) is 4.76. The second-order valence-corrected chi connectivity index (χ2v) is 10.1. The summed E-state index contributed by atoms with van der Waals surface area (Å²) in [6.07, 6.45) is 8.35. The molecule has 2 aliphatic rings. The van der Waals surface area contributed by atoms with Gasteiger partial charge >= 0.3 is 5.97 Å². The smallest absolute Gasteiger partial charge is 0.313 e. The maximum absolute atomic E-state index is 13.9. The van der Waals surface area contributed by atoms with E-state index in [9.17, 15) is 13.6 Å². The topological polar surface area (TPSA) is 76.6 Å². The molecule has 3 atom stereocenters. The molecule has 5 rings (SSSR count). The van der Waals surface area contributed by atoms with Gasteiger partial charge < -0.3 is 19.7 Å². The minimum Gasteiger partial charge on any atom is -0.481 e. The van der Waals surface area contributed by atoms with Crippen LogP contribution in [0.2, 0.25) is 0 Å². The van der Waals surface area contributed by atoms with E-state index in [1.807, 2.05) is 12.1 Å². The van der Waals surface area contributed by atoms with Gasteiger partial charge in [-0.1, -0.05) is 12.2 Å². The molecule has 3 aromatic rings. The Morgan fingerprint density at radius 2 is 2.08 bits per heavy atom. The normalized spacial score (nSPS) is 23.4. The van der Waals surface area contributed by atoms with Crippen LogP contribution >= 0.6 is 0 Å². The summed E-state index contributed by atoms with van der Waals surface area (Å²) in [6, 6.07) is 9.27. The van der Waals surface area contributed by atoms with Gasteiger partial charge in [0.2, 0.25) is 5.88 Å². The first-order chi connectivity index (χ1) is 18.4. The van der Waals surface area contributed by atoms with E-state index >= 15 is 0 Å². The number of aromatic nitrogens is 2. The Labute approximate surface area is 220 Å². The Bertz CT molecular complexity index is 1350. The number of carbonyl (C=O) groups is 1. The van der Waals surface area contributed by atoms with Crippen molar-refractivity contribution in [2.45, 2.75) is 31.7 Å². The Morgan fingerprint density at radius 3 is 2.89 bits per heavy atom. The van der Waals surface area contributed by atoms with Crippen molar-refractivity contribution in [3.63, 3.8) is 0 Å². The number of piperidine rings is 1. The van der Waals surface area contributed by atoms with Crippen molar-refractivity contribution in [1.29, 1.82) is 0 Å². The van der Waals surface area contributed by atoms with Gasteiger partial charge in [-0.05, 0) is 61.9 Å². The maximum atomic E-state index is 13.9. The zero-order valence-corrected chi connectivity index (χ0v) is 21.6. The van der Waals surface area contributed by atoms with Crippen LogP contribution in [0.4, 0.5) is 14.5 Å². The number of ether oxygens (including phenoxy) is 2. The number of esters is 1. The van der Waals surface area contributed by atoms with Crippen molar-refractivity contribution >= 4 is 28.8 Å². The molecule has 2 fully saturated rings. The van der Waals surface area contributed by atoms with Crippen LogP contribution in [0.1, 0.15) is 31.2 Å². The Balaban J connectivity index is 1.30. The van der Waals surface area contributed by atoms with Gasteiger partial charge in [0.1, 0.15) is 17.2 Å². The number of hydrogen-bond acceptors (Lipinski definition) is 7. The van der Waals surface area contributed by atoms with Crippen molar-refractivity contribution in [3.8, 4) is 5.88 Å². The average Bonchev–Trinajstić information content (AvgIpc) is 2.95. The molecule has 0 amide bonds. The molecule has 7 nitrogen and oxygen atoms in total. The molecule has 1 aliphatic heterocycles. The molecule has 1 saturated carbocycles. The number of anilines is 1. The molecule has 1 aliphatic carbocycles. The van der Waals surface area contributed by atoms with Gasteiger partial charge in [-0.25, -0.2) is 13.8 Å². The molecule has 0 spiro atoms. The fourth-order valence-corrected chi connectivity index (χ4v) is 6.01. The number of methoxy groups -OCH3 is 2. The number of nitrogens with zero attached hydrogens (tertiary/aromatic N) is 3. The highest BCUT2D eigenvalue weighted by Gasteiger charge is 2.53. The van der Waals surface area contributed by atoms with Gasteiger partial charge in [0.05, 0.1) is 30.8 Å². The fourth-order valence-electron chi connectivity index (χ4n) is 6.01. The van der Waals surface area contributed by atoms with E-state index in [1.54, 1.807) is 31.5 Å². The summed E-state index contributed by atoms with van der Waals surface area (Å²) < 4.78 is 38.0. The molecule has 200 valence electrons. The molecule has 1 aromatic carbocycles. The molecule has 1 saturated heterocycles. The second kappa shape index (κ2) is 11.0. The largest absolute Gasteiger partial charge is 0.481 e.